The Hall–Kier alpha value is -0.570. The molecule has 0 radical (unpaired) electrons. The predicted molar refractivity (Wildman–Crippen MR) is 62.6 cm³/mol. The minimum Gasteiger partial charge on any atom is -0.469 e. The van der Waals surface area contributed by atoms with Gasteiger partial charge >= 0.3 is 5.97 Å². The predicted octanol–water partition coefficient (Wildman–Crippen LogP) is 2.48. The smallest absolute Gasteiger partial charge is 0.306 e. The molecule has 0 atom stereocenters. The first-order valence-corrected chi connectivity index (χ1v) is 5.99. The zero-order chi connectivity index (χ0) is 11.7. The van der Waals surface area contributed by atoms with Gasteiger partial charge < -0.3 is 10.5 Å². The highest BCUT2D eigenvalue weighted by Gasteiger charge is 2.33. The van der Waals surface area contributed by atoms with Crippen LogP contribution in [0.4, 0.5) is 0 Å². The molecule has 3 heteroatoms. The second-order valence-electron chi connectivity index (χ2n) is 4.02. The van der Waals surface area contributed by atoms with Gasteiger partial charge in [0, 0.05) is 0 Å². The Morgan fingerprint density at radius 1 is 1.27 bits per heavy atom. The summed E-state index contributed by atoms with van der Waals surface area (Å²) in [5, 5.41) is 0. The normalized spacial score (nSPS) is 18.7. The van der Waals surface area contributed by atoms with Crippen LogP contribution in [0.25, 0.3) is 0 Å². The van der Waals surface area contributed by atoms with Gasteiger partial charge in [0.25, 0.3) is 0 Å². The van der Waals surface area contributed by atoms with E-state index in [1.165, 1.54) is 26.4 Å². The van der Waals surface area contributed by atoms with Crippen molar-refractivity contribution in [2.75, 3.05) is 13.7 Å². The summed E-state index contributed by atoms with van der Waals surface area (Å²) in [5.41, 5.74) is 5.78. The molecule has 1 saturated carbocycles. The van der Waals surface area contributed by atoms with E-state index in [4.69, 9.17) is 5.73 Å². The Bertz CT molecular complexity index is 174. The highest BCUT2D eigenvalue weighted by Crippen LogP contribution is 2.38. The van der Waals surface area contributed by atoms with Crippen LogP contribution in [0.2, 0.25) is 0 Å². The SMILES string of the molecule is CC.COC(=O)CC1(CN)CCCCC1. The van der Waals surface area contributed by atoms with Gasteiger partial charge in [-0.15, -0.1) is 0 Å². The van der Waals surface area contributed by atoms with Gasteiger partial charge in [-0.1, -0.05) is 33.1 Å². The molecule has 0 bridgehead atoms. The number of carbonyl (C=O) groups excluding carboxylic acids is 1. The van der Waals surface area contributed by atoms with E-state index in [0.717, 1.165) is 12.8 Å². The molecule has 1 rings (SSSR count). The molecule has 0 heterocycles. The van der Waals surface area contributed by atoms with Gasteiger partial charge in [-0.05, 0) is 24.8 Å². The van der Waals surface area contributed by atoms with Crippen molar-refractivity contribution in [2.45, 2.75) is 52.4 Å². The Balaban J connectivity index is 0.000000921. The summed E-state index contributed by atoms with van der Waals surface area (Å²) in [7, 11) is 1.44. The zero-order valence-corrected chi connectivity index (χ0v) is 10.3. The molecular weight excluding hydrogens is 190 g/mol. The van der Waals surface area contributed by atoms with E-state index >= 15 is 0 Å². The molecule has 0 spiro atoms. The van der Waals surface area contributed by atoms with Gasteiger partial charge in [0.15, 0.2) is 0 Å². The van der Waals surface area contributed by atoms with Crippen LogP contribution in [0.15, 0.2) is 0 Å². The summed E-state index contributed by atoms with van der Waals surface area (Å²) in [4.78, 5) is 11.2. The van der Waals surface area contributed by atoms with E-state index in [-0.39, 0.29) is 11.4 Å². The van der Waals surface area contributed by atoms with Crippen LogP contribution >= 0.6 is 0 Å². The molecule has 0 amide bonds. The van der Waals surface area contributed by atoms with Crippen molar-refractivity contribution in [3.63, 3.8) is 0 Å². The number of ether oxygens (including phenoxy) is 1. The summed E-state index contributed by atoms with van der Waals surface area (Å²) in [6.45, 7) is 4.61. The first-order chi connectivity index (χ1) is 7.22. The maximum atomic E-state index is 11.2. The zero-order valence-electron chi connectivity index (χ0n) is 10.3. The number of hydrogen-bond donors (Lipinski definition) is 1. The van der Waals surface area contributed by atoms with Gasteiger partial charge in [0.2, 0.25) is 0 Å². The number of nitrogens with two attached hydrogens (primary N) is 1. The van der Waals surface area contributed by atoms with Crippen molar-refractivity contribution >= 4 is 5.97 Å². The summed E-state index contributed by atoms with van der Waals surface area (Å²) < 4.78 is 4.69. The lowest BCUT2D eigenvalue weighted by molar-refractivity contribution is -0.143. The number of rotatable bonds is 3. The molecule has 3 nitrogen and oxygen atoms in total. The Labute approximate surface area is 93.4 Å². The lowest BCUT2D eigenvalue weighted by atomic mass is 9.72. The van der Waals surface area contributed by atoms with Crippen LogP contribution in [0.1, 0.15) is 52.4 Å². The lowest BCUT2D eigenvalue weighted by Gasteiger charge is -2.35. The summed E-state index contributed by atoms with van der Waals surface area (Å²) >= 11 is 0. The largest absolute Gasteiger partial charge is 0.469 e. The van der Waals surface area contributed by atoms with Crippen molar-refractivity contribution in [3.05, 3.63) is 0 Å². The molecule has 15 heavy (non-hydrogen) atoms. The van der Waals surface area contributed by atoms with Crippen molar-refractivity contribution < 1.29 is 9.53 Å². The van der Waals surface area contributed by atoms with Gasteiger partial charge in [0.05, 0.1) is 13.5 Å². The molecule has 0 unspecified atom stereocenters. The molecule has 1 aliphatic carbocycles. The van der Waals surface area contributed by atoms with E-state index < -0.39 is 0 Å². The molecule has 0 aromatic carbocycles. The van der Waals surface area contributed by atoms with Crippen LogP contribution < -0.4 is 5.73 Å². The Kier molecular flexibility index (Phi) is 7.39. The Morgan fingerprint density at radius 2 is 1.80 bits per heavy atom. The molecule has 0 aromatic heterocycles. The van der Waals surface area contributed by atoms with Gasteiger partial charge in [-0.2, -0.15) is 0 Å². The van der Waals surface area contributed by atoms with Crippen molar-refractivity contribution in [1.29, 1.82) is 0 Å². The monoisotopic (exact) mass is 215 g/mol. The highest BCUT2D eigenvalue weighted by molar-refractivity contribution is 5.70. The third-order valence-corrected chi connectivity index (χ3v) is 3.09. The van der Waals surface area contributed by atoms with E-state index in [9.17, 15) is 4.79 Å². The highest BCUT2D eigenvalue weighted by atomic mass is 16.5. The molecule has 1 aliphatic rings. The van der Waals surface area contributed by atoms with Gasteiger partial charge in [0.1, 0.15) is 0 Å². The number of methoxy groups -OCH3 is 1. The minimum absolute atomic E-state index is 0.0470. The molecule has 1 fully saturated rings. The van der Waals surface area contributed by atoms with Crippen molar-refractivity contribution in [1.82, 2.24) is 0 Å². The van der Waals surface area contributed by atoms with E-state index in [1.807, 2.05) is 13.8 Å². The van der Waals surface area contributed by atoms with E-state index in [0.29, 0.717) is 13.0 Å². The van der Waals surface area contributed by atoms with Crippen LogP contribution in [0, 0.1) is 5.41 Å². The van der Waals surface area contributed by atoms with Crippen LogP contribution in [-0.2, 0) is 9.53 Å². The van der Waals surface area contributed by atoms with E-state index in [2.05, 4.69) is 4.74 Å². The average molecular weight is 215 g/mol. The maximum Gasteiger partial charge on any atom is 0.306 e. The average Bonchev–Trinajstić information content (AvgIpc) is 2.32. The van der Waals surface area contributed by atoms with E-state index in [1.54, 1.807) is 0 Å². The number of hydrogen-bond acceptors (Lipinski definition) is 3. The molecule has 90 valence electrons. The fourth-order valence-electron chi connectivity index (χ4n) is 2.13. The molecule has 0 aromatic rings. The first-order valence-electron chi connectivity index (χ1n) is 5.99. The quantitative estimate of drug-likeness (QED) is 0.736. The third-order valence-electron chi connectivity index (χ3n) is 3.09. The maximum absolute atomic E-state index is 11.2. The second kappa shape index (κ2) is 7.69. The van der Waals surface area contributed by atoms with Crippen LogP contribution in [0.5, 0.6) is 0 Å². The number of esters is 1. The standard InChI is InChI=1S/C10H19NO2.C2H6/c1-13-9(12)7-10(8-11)5-3-2-4-6-10;1-2/h2-8,11H2,1H3;1-2H3. The van der Waals surface area contributed by atoms with Crippen LogP contribution in [-0.4, -0.2) is 19.6 Å². The molecule has 0 saturated heterocycles. The Morgan fingerprint density at radius 3 is 2.20 bits per heavy atom. The summed E-state index contributed by atoms with van der Waals surface area (Å²) in [5.74, 6) is -0.118. The van der Waals surface area contributed by atoms with Gasteiger partial charge in [-0.3, -0.25) is 4.79 Å². The second-order valence-corrected chi connectivity index (χ2v) is 4.02. The van der Waals surface area contributed by atoms with Gasteiger partial charge in [-0.25, -0.2) is 0 Å². The minimum atomic E-state index is -0.118. The fraction of sp³-hybridized carbons (Fsp3) is 0.917. The molecule has 0 aliphatic heterocycles. The summed E-state index contributed by atoms with van der Waals surface area (Å²) in [6.07, 6.45) is 6.35. The third kappa shape index (κ3) is 4.65. The summed E-state index contributed by atoms with van der Waals surface area (Å²) in [6, 6.07) is 0. The molecule has 2 N–H and O–H groups in total. The lowest BCUT2D eigenvalue weighted by Crippen LogP contribution is -2.35. The first kappa shape index (κ1) is 14.4. The van der Waals surface area contributed by atoms with Crippen molar-refractivity contribution in [2.24, 2.45) is 11.1 Å². The van der Waals surface area contributed by atoms with Crippen molar-refractivity contribution in [3.8, 4) is 0 Å². The van der Waals surface area contributed by atoms with Crippen LogP contribution in [0.3, 0.4) is 0 Å². The topological polar surface area (TPSA) is 52.3 Å². The fourth-order valence-corrected chi connectivity index (χ4v) is 2.13. The number of carbonyl (C=O) groups is 1. The molecular formula is C12H25NO2.